The minimum Gasteiger partial charge on any atom is -0.493 e. The third-order valence-corrected chi connectivity index (χ3v) is 4.61. The van der Waals surface area contributed by atoms with Crippen LogP contribution in [0, 0.1) is 0 Å². The van der Waals surface area contributed by atoms with Gasteiger partial charge in [-0.05, 0) is 33.8 Å². The molecule has 0 amide bonds. The van der Waals surface area contributed by atoms with E-state index in [1.54, 1.807) is 12.1 Å². The fourth-order valence-corrected chi connectivity index (χ4v) is 2.58. The van der Waals surface area contributed by atoms with E-state index in [1.165, 1.54) is 6.07 Å². The molecule has 2 aliphatic rings. The predicted octanol–water partition coefficient (Wildman–Crippen LogP) is 2.86. The number of fused-ring (bicyclic) bond motifs is 1. The van der Waals surface area contributed by atoms with Gasteiger partial charge in [-0.3, -0.25) is 0 Å². The monoisotopic (exact) mass is 296 g/mol. The average molecular weight is 296 g/mol. The van der Waals surface area contributed by atoms with Crippen molar-refractivity contribution in [2.24, 2.45) is 0 Å². The third kappa shape index (κ3) is 2.25. The molecule has 2 aliphatic heterocycles. The molecule has 1 aromatic carbocycles. The Bertz CT molecular complexity index is 556. The van der Waals surface area contributed by atoms with E-state index in [1.807, 2.05) is 27.7 Å². The summed E-state index contributed by atoms with van der Waals surface area (Å²) in [6.45, 7) is 7.71. The van der Waals surface area contributed by atoms with Crippen molar-refractivity contribution in [3.05, 3.63) is 23.8 Å². The molecule has 1 fully saturated rings. The number of para-hydroxylation sites is 1. The van der Waals surface area contributed by atoms with E-state index in [9.17, 15) is 8.78 Å². The highest BCUT2D eigenvalue weighted by Gasteiger charge is 2.53. The molecule has 3 nitrogen and oxygen atoms in total. The van der Waals surface area contributed by atoms with Gasteiger partial charge < -0.3 is 14.0 Å². The minimum absolute atomic E-state index is 0.00345. The van der Waals surface area contributed by atoms with Crippen LogP contribution < -0.4 is 10.2 Å². The minimum atomic E-state index is -2.87. The summed E-state index contributed by atoms with van der Waals surface area (Å²) in [6.07, 6.45) is -0.299. The summed E-state index contributed by atoms with van der Waals surface area (Å²) in [6, 6.07) is 4.73. The molecule has 6 heteroatoms. The fraction of sp³-hybridized carbons (Fsp3) is 0.600. The number of alkyl halides is 2. The number of hydrogen-bond acceptors (Lipinski definition) is 3. The van der Waals surface area contributed by atoms with Crippen LogP contribution >= 0.6 is 0 Å². The first-order chi connectivity index (χ1) is 9.64. The van der Waals surface area contributed by atoms with Crippen LogP contribution in [0.15, 0.2) is 18.2 Å². The average Bonchev–Trinajstić information content (AvgIpc) is 2.57. The Morgan fingerprint density at radius 3 is 2.29 bits per heavy atom. The second-order valence-electron chi connectivity index (χ2n) is 6.62. The van der Waals surface area contributed by atoms with E-state index >= 15 is 0 Å². The van der Waals surface area contributed by atoms with Crippen LogP contribution in [0.1, 0.15) is 39.7 Å². The second kappa shape index (κ2) is 4.43. The molecule has 0 aromatic heterocycles. The molecule has 0 saturated carbocycles. The Hall–Kier alpha value is -1.14. The molecule has 0 aliphatic carbocycles. The number of benzene rings is 1. The molecule has 2 heterocycles. The topological polar surface area (TPSA) is 27.7 Å². The first kappa shape index (κ1) is 14.8. The first-order valence-corrected chi connectivity index (χ1v) is 7.14. The van der Waals surface area contributed by atoms with Gasteiger partial charge in [0.25, 0.3) is 5.92 Å². The standard InChI is InChI=1S/C15H19BF2O3/c1-13(2)14(3,4)21-16(20-13)11-7-5-6-10-12(11)19-9-8-15(10,17)18/h5-7H,8-9H2,1-4H3. The Labute approximate surface area is 123 Å². The van der Waals surface area contributed by atoms with E-state index in [0.717, 1.165) is 0 Å². The number of hydrogen-bond donors (Lipinski definition) is 0. The molecule has 0 N–H and O–H groups in total. The highest BCUT2D eigenvalue weighted by molar-refractivity contribution is 6.63. The molecule has 21 heavy (non-hydrogen) atoms. The summed E-state index contributed by atoms with van der Waals surface area (Å²) in [5.74, 6) is -2.67. The highest BCUT2D eigenvalue weighted by atomic mass is 19.3. The zero-order chi connectivity index (χ0) is 15.5. The van der Waals surface area contributed by atoms with Crippen LogP contribution in [0.25, 0.3) is 0 Å². The Kier molecular flexibility index (Phi) is 3.12. The summed E-state index contributed by atoms with van der Waals surface area (Å²) in [5, 5.41) is 0. The molecular formula is C15H19BF2O3. The summed E-state index contributed by atoms with van der Waals surface area (Å²) in [4.78, 5) is 0. The van der Waals surface area contributed by atoms with Crippen LogP contribution in [-0.4, -0.2) is 24.9 Å². The quantitative estimate of drug-likeness (QED) is 0.746. The normalized spacial score (nSPS) is 25.3. The predicted molar refractivity (Wildman–Crippen MR) is 76.2 cm³/mol. The molecule has 0 bridgehead atoms. The highest BCUT2D eigenvalue weighted by Crippen LogP contribution is 2.42. The smallest absolute Gasteiger partial charge is 0.493 e. The van der Waals surface area contributed by atoms with E-state index in [4.69, 9.17) is 14.0 Å². The van der Waals surface area contributed by atoms with E-state index in [0.29, 0.717) is 5.46 Å². The molecule has 114 valence electrons. The zero-order valence-corrected chi connectivity index (χ0v) is 12.7. The largest absolute Gasteiger partial charge is 0.498 e. The van der Waals surface area contributed by atoms with Gasteiger partial charge in [0.05, 0.1) is 29.8 Å². The van der Waals surface area contributed by atoms with Crippen LogP contribution in [0.4, 0.5) is 8.78 Å². The van der Waals surface area contributed by atoms with Gasteiger partial charge in [0.1, 0.15) is 5.75 Å². The SMILES string of the molecule is CC1(C)OB(c2cccc3c2OCCC3(F)F)OC1(C)C. The van der Waals surface area contributed by atoms with Gasteiger partial charge >= 0.3 is 7.12 Å². The van der Waals surface area contributed by atoms with E-state index < -0.39 is 24.2 Å². The molecular weight excluding hydrogens is 277 g/mol. The number of rotatable bonds is 1. The lowest BCUT2D eigenvalue weighted by molar-refractivity contribution is -0.0401. The van der Waals surface area contributed by atoms with Crippen molar-refractivity contribution < 1.29 is 22.8 Å². The number of halogens is 2. The van der Waals surface area contributed by atoms with Gasteiger partial charge in [0, 0.05) is 5.46 Å². The summed E-state index contributed by atoms with van der Waals surface area (Å²) < 4.78 is 45.4. The van der Waals surface area contributed by atoms with Crippen molar-refractivity contribution in [1.29, 1.82) is 0 Å². The van der Waals surface area contributed by atoms with E-state index in [2.05, 4.69) is 0 Å². The van der Waals surface area contributed by atoms with Crippen molar-refractivity contribution in [2.45, 2.75) is 51.2 Å². The van der Waals surface area contributed by atoms with Gasteiger partial charge in [-0.1, -0.05) is 12.1 Å². The third-order valence-electron chi connectivity index (χ3n) is 4.61. The maximum Gasteiger partial charge on any atom is 0.498 e. The Morgan fingerprint density at radius 2 is 1.67 bits per heavy atom. The van der Waals surface area contributed by atoms with Gasteiger partial charge in [-0.2, -0.15) is 0 Å². The molecule has 0 atom stereocenters. The molecule has 1 aromatic rings. The van der Waals surface area contributed by atoms with Crippen molar-refractivity contribution in [1.82, 2.24) is 0 Å². The maximum atomic E-state index is 14.0. The zero-order valence-electron chi connectivity index (χ0n) is 12.7. The van der Waals surface area contributed by atoms with Crippen molar-refractivity contribution in [2.75, 3.05) is 6.61 Å². The number of ether oxygens (including phenoxy) is 1. The lowest BCUT2D eigenvalue weighted by Gasteiger charge is -2.32. The van der Waals surface area contributed by atoms with Gasteiger partial charge in [-0.25, -0.2) is 8.78 Å². The van der Waals surface area contributed by atoms with Gasteiger partial charge in [0.15, 0.2) is 0 Å². The summed E-state index contributed by atoms with van der Waals surface area (Å²) in [7, 11) is -0.696. The van der Waals surface area contributed by atoms with Crippen LogP contribution in [0.2, 0.25) is 0 Å². The first-order valence-electron chi connectivity index (χ1n) is 7.14. The van der Waals surface area contributed by atoms with Crippen molar-refractivity contribution in [3.8, 4) is 5.75 Å². The molecule has 0 unspecified atom stereocenters. The maximum absolute atomic E-state index is 14.0. The molecule has 1 saturated heterocycles. The van der Waals surface area contributed by atoms with Crippen LogP contribution in [-0.2, 0) is 15.2 Å². The Morgan fingerprint density at radius 1 is 1.05 bits per heavy atom. The fourth-order valence-electron chi connectivity index (χ4n) is 2.58. The summed E-state index contributed by atoms with van der Waals surface area (Å²) >= 11 is 0. The van der Waals surface area contributed by atoms with Crippen LogP contribution in [0.3, 0.4) is 0 Å². The molecule has 0 radical (unpaired) electrons. The lowest BCUT2D eigenvalue weighted by atomic mass is 9.76. The van der Waals surface area contributed by atoms with Gasteiger partial charge in [0.2, 0.25) is 0 Å². The lowest BCUT2D eigenvalue weighted by Crippen LogP contribution is -2.41. The van der Waals surface area contributed by atoms with E-state index in [-0.39, 0.29) is 24.3 Å². The van der Waals surface area contributed by atoms with Crippen molar-refractivity contribution >= 4 is 12.6 Å². The Balaban J connectivity index is 2.02. The molecule has 0 spiro atoms. The van der Waals surface area contributed by atoms with Gasteiger partial charge in [-0.15, -0.1) is 0 Å². The summed E-state index contributed by atoms with van der Waals surface area (Å²) in [5.41, 5.74) is -0.582. The van der Waals surface area contributed by atoms with Crippen molar-refractivity contribution in [3.63, 3.8) is 0 Å². The molecule has 3 rings (SSSR count). The van der Waals surface area contributed by atoms with Crippen LogP contribution in [0.5, 0.6) is 5.75 Å². The second-order valence-corrected chi connectivity index (χ2v) is 6.62.